The van der Waals surface area contributed by atoms with E-state index in [1.807, 2.05) is 24.8 Å². The van der Waals surface area contributed by atoms with Crippen LogP contribution in [0.4, 0.5) is 5.69 Å². The number of aryl methyl sites for hydroxylation is 1. The van der Waals surface area contributed by atoms with Crippen LogP contribution in [0, 0.1) is 6.92 Å². The van der Waals surface area contributed by atoms with Gasteiger partial charge in [-0.1, -0.05) is 29.8 Å². The minimum atomic E-state index is 0.312. The summed E-state index contributed by atoms with van der Waals surface area (Å²) in [6, 6.07) is 10.8. The molecule has 1 aliphatic rings. The number of fused-ring (bicyclic) bond motifs is 1. The van der Waals surface area contributed by atoms with Crippen LogP contribution in [-0.4, -0.2) is 10.7 Å². The first-order valence-corrected chi connectivity index (χ1v) is 7.21. The van der Waals surface area contributed by atoms with Crippen molar-refractivity contribution < 1.29 is 0 Å². The van der Waals surface area contributed by atoms with Crippen LogP contribution >= 0.6 is 23.4 Å². The molecular formula is C14H13ClN2S. The van der Waals surface area contributed by atoms with Gasteiger partial charge < -0.3 is 5.32 Å². The van der Waals surface area contributed by atoms with E-state index in [9.17, 15) is 0 Å². The van der Waals surface area contributed by atoms with E-state index in [0.717, 1.165) is 17.0 Å². The summed E-state index contributed by atoms with van der Waals surface area (Å²) in [6.07, 6.45) is 1.78. The standard InChI is InChI=1S/C14H13ClN2S/c1-9-6-11(14(15)16-7-9)17-12-8-18-13-5-3-2-4-10(12)13/h2-7,12,17H,8H2,1H3. The molecule has 1 aromatic heterocycles. The number of aromatic nitrogens is 1. The molecule has 0 saturated carbocycles. The largest absolute Gasteiger partial charge is 0.375 e. The highest BCUT2D eigenvalue weighted by Gasteiger charge is 2.23. The van der Waals surface area contributed by atoms with E-state index in [2.05, 4.69) is 34.6 Å². The zero-order valence-electron chi connectivity index (χ0n) is 9.98. The van der Waals surface area contributed by atoms with Crippen LogP contribution in [0.3, 0.4) is 0 Å². The third kappa shape index (κ3) is 2.20. The Kier molecular flexibility index (Phi) is 3.18. The number of anilines is 1. The number of nitrogens with zero attached hydrogens (tertiary/aromatic N) is 1. The predicted molar refractivity (Wildman–Crippen MR) is 77.5 cm³/mol. The van der Waals surface area contributed by atoms with Crippen LogP contribution in [0.15, 0.2) is 41.4 Å². The summed E-state index contributed by atoms with van der Waals surface area (Å²) in [5.74, 6) is 1.03. The summed E-state index contributed by atoms with van der Waals surface area (Å²) in [6.45, 7) is 2.02. The van der Waals surface area contributed by atoms with Gasteiger partial charge in [-0.25, -0.2) is 4.98 Å². The molecule has 2 heterocycles. The van der Waals surface area contributed by atoms with Gasteiger partial charge in [-0.3, -0.25) is 0 Å². The number of halogens is 1. The molecule has 1 aromatic carbocycles. The maximum absolute atomic E-state index is 6.12. The molecule has 1 aliphatic heterocycles. The van der Waals surface area contributed by atoms with Gasteiger partial charge in [0, 0.05) is 16.8 Å². The van der Waals surface area contributed by atoms with Crippen LogP contribution in [0.25, 0.3) is 0 Å². The number of thioether (sulfide) groups is 1. The Labute approximate surface area is 116 Å². The molecule has 0 amide bonds. The Morgan fingerprint density at radius 3 is 3.11 bits per heavy atom. The Hall–Kier alpha value is -1.19. The van der Waals surface area contributed by atoms with Gasteiger partial charge in [0.1, 0.15) is 0 Å². The molecule has 18 heavy (non-hydrogen) atoms. The molecule has 4 heteroatoms. The Bertz CT molecular complexity index is 586. The van der Waals surface area contributed by atoms with E-state index in [1.165, 1.54) is 10.5 Å². The number of rotatable bonds is 2. The number of hydrogen-bond acceptors (Lipinski definition) is 3. The van der Waals surface area contributed by atoms with E-state index in [1.54, 1.807) is 6.20 Å². The van der Waals surface area contributed by atoms with Crippen molar-refractivity contribution in [3.8, 4) is 0 Å². The highest BCUT2D eigenvalue weighted by Crippen LogP contribution is 2.40. The molecule has 1 N–H and O–H groups in total. The first-order chi connectivity index (χ1) is 8.74. The quantitative estimate of drug-likeness (QED) is 0.828. The minimum Gasteiger partial charge on any atom is -0.375 e. The fraction of sp³-hybridized carbons (Fsp3) is 0.214. The van der Waals surface area contributed by atoms with Crippen LogP contribution < -0.4 is 5.32 Å². The lowest BCUT2D eigenvalue weighted by Crippen LogP contribution is -2.10. The van der Waals surface area contributed by atoms with Crippen LogP contribution in [-0.2, 0) is 0 Å². The first kappa shape index (κ1) is 11.9. The molecule has 2 nitrogen and oxygen atoms in total. The molecule has 92 valence electrons. The summed E-state index contributed by atoms with van der Waals surface area (Å²) in [7, 11) is 0. The zero-order chi connectivity index (χ0) is 12.5. The van der Waals surface area contributed by atoms with Crippen LogP contribution in [0.1, 0.15) is 17.2 Å². The lowest BCUT2D eigenvalue weighted by molar-refractivity contribution is 0.897. The average molecular weight is 277 g/mol. The van der Waals surface area contributed by atoms with Crippen molar-refractivity contribution in [2.75, 3.05) is 11.1 Å². The molecule has 1 atom stereocenters. The van der Waals surface area contributed by atoms with Gasteiger partial charge in [0.2, 0.25) is 0 Å². The van der Waals surface area contributed by atoms with Gasteiger partial charge in [0.15, 0.2) is 5.15 Å². The monoisotopic (exact) mass is 276 g/mol. The lowest BCUT2D eigenvalue weighted by atomic mass is 10.1. The second-order valence-electron chi connectivity index (χ2n) is 4.40. The van der Waals surface area contributed by atoms with Crippen molar-refractivity contribution in [2.24, 2.45) is 0 Å². The molecule has 0 aliphatic carbocycles. The molecule has 0 saturated heterocycles. The highest BCUT2D eigenvalue weighted by molar-refractivity contribution is 7.99. The van der Waals surface area contributed by atoms with Crippen molar-refractivity contribution in [1.82, 2.24) is 4.98 Å². The van der Waals surface area contributed by atoms with E-state index in [4.69, 9.17) is 11.6 Å². The van der Waals surface area contributed by atoms with E-state index < -0.39 is 0 Å². The fourth-order valence-electron chi connectivity index (χ4n) is 2.12. The van der Waals surface area contributed by atoms with Crippen molar-refractivity contribution in [3.05, 3.63) is 52.8 Å². The maximum atomic E-state index is 6.12. The molecule has 1 unspecified atom stereocenters. The molecule has 0 fully saturated rings. The summed E-state index contributed by atoms with van der Waals surface area (Å²) < 4.78 is 0. The molecule has 0 radical (unpaired) electrons. The van der Waals surface area contributed by atoms with Gasteiger partial charge in [-0.05, 0) is 30.2 Å². The third-order valence-electron chi connectivity index (χ3n) is 3.01. The molecule has 3 rings (SSSR count). The summed E-state index contributed by atoms with van der Waals surface area (Å²) in [4.78, 5) is 5.53. The summed E-state index contributed by atoms with van der Waals surface area (Å²) >= 11 is 8.00. The molecular weight excluding hydrogens is 264 g/mol. The van der Waals surface area contributed by atoms with Gasteiger partial charge in [0.05, 0.1) is 11.7 Å². The Morgan fingerprint density at radius 2 is 2.22 bits per heavy atom. The van der Waals surface area contributed by atoms with Crippen molar-refractivity contribution in [2.45, 2.75) is 17.9 Å². The van der Waals surface area contributed by atoms with Gasteiger partial charge in [-0.15, -0.1) is 11.8 Å². The van der Waals surface area contributed by atoms with E-state index >= 15 is 0 Å². The number of nitrogens with one attached hydrogen (secondary N) is 1. The number of hydrogen-bond donors (Lipinski definition) is 1. The van der Waals surface area contributed by atoms with Crippen molar-refractivity contribution in [3.63, 3.8) is 0 Å². The SMILES string of the molecule is Cc1cnc(Cl)c(NC2CSc3ccccc32)c1. The number of benzene rings is 1. The smallest absolute Gasteiger partial charge is 0.152 e. The maximum Gasteiger partial charge on any atom is 0.152 e. The second-order valence-corrected chi connectivity index (χ2v) is 5.82. The molecule has 0 bridgehead atoms. The van der Waals surface area contributed by atoms with Gasteiger partial charge >= 0.3 is 0 Å². The van der Waals surface area contributed by atoms with Crippen molar-refractivity contribution >= 4 is 29.1 Å². The highest BCUT2D eigenvalue weighted by atomic mass is 35.5. The van der Waals surface area contributed by atoms with Crippen LogP contribution in [0.5, 0.6) is 0 Å². The Morgan fingerprint density at radius 1 is 1.39 bits per heavy atom. The lowest BCUT2D eigenvalue weighted by Gasteiger charge is -2.15. The van der Waals surface area contributed by atoms with E-state index in [0.29, 0.717) is 11.2 Å². The average Bonchev–Trinajstić information content (AvgIpc) is 2.78. The molecule has 2 aromatic rings. The number of pyridine rings is 1. The zero-order valence-corrected chi connectivity index (χ0v) is 11.6. The third-order valence-corrected chi connectivity index (χ3v) is 4.49. The van der Waals surface area contributed by atoms with Crippen molar-refractivity contribution in [1.29, 1.82) is 0 Å². The fourth-order valence-corrected chi connectivity index (χ4v) is 3.44. The normalized spacial score (nSPS) is 17.6. The van der Waals surface area contributed by atoms with Gasteiger partial charge in [0.25, 0.3) is 0 Å². The summed E-state index contributed by atoms with van der Waals surface area (Å²) in [5.41, 5.74) is 3.37. The predicted octanol–water partition coefficient (Wildman–Crippen LogP) is 4.30. The molecule has 0 spiro atoms. The van der Waals surface area contributed by atoms with Gasteiger partial charge in [-0.2, -0.15) is 0 Å². The van der Waals surface area contributed by atoms with E-state index in [-0.39, 0.29) is 0 Å². The first-order valence-electron chi connectivity index (χ1n) is 5.84. The summed E-state index contributed by atoms with van der Waals surface area (Å²) in [5, 5.41) is 4.03. The minimum absolute atomic E-state index is 0.312. The topological polar surface area (TPSA) is 24.9 Å². The Balaban J connectivity index is 1.88. The second kappa shape index (κ2) is 4.82. The van der Waals surface area contributed by atoms with Crippen LogP contribution in [0.2, 0.25) is 5.15 Å².